The quantitative estimate of drug-likeness (QED) is 0.597. The summed E-state index contributed by atoms with van der Waals surface area (Å²) in [6.45, 7) is 1.53. The molecule has 2 aliphatic carbocycles. The number of para-hydroxylation sites is 2. The molecule has 7 heteroatoms. The van der Waals surface area contributed by atoms with Crippen molar-refractivity contribution in [1.29, 1.82) is 5.26 Å². The first-order valence-corrected chi connectivity index (χ1v) is 11.0. The van der Waals surface area contributed by atoms with Crippen molar-refractivity contribution in [2.24, 2.45) is 11.8 Å². The lowest BCUT2D eigenvalue weighted by atomic mass is 9.84. The predicted molar refractivity (Wildman–Crippen MR) is 126 cm³/mol. The van der Waals surface area contributed by atoms with Crippen molar-refractivity contribution in [2.45, 2.75) is 19.8 Å². The number of anilines is 1. The minimum atomic E-state index is -0.445. The highest BCUT2D eigenvalue weighted by molar-refractivity contribution is 6.16. The Morgan fingerprint density at radius 3 is 2.62 bits per heavy atom. The maximum atomic E-state index is 13.4. The zero-order valence-corrected chi connectivity index (χ0v) is 19.0. The van der Waals surface area contributed by atoms with Gasteiger partial charge in [0.15, 0.2) is 18.2 Å². The molecule has 1 amide bonds. The number of benzene rings is 2. The fourth-order valence-electron chi connectivity index (χ4n) is 3.94. The van der Waals surface area contributed by atoms with E-state index in [4.69, 9.17) is 9.47 Å². The van der Waals surface area contributed by atoms with Crippen LogP contribution in [0.1, 0.15) is 28.8 Å². The van der Waals surface area contributed by atoms with Crippen LogP contribution < -0.4 is 14.8 Å². The van der Waals surface area contributed by atoms with Gasteiger partial charge in [0.25, 0.3) is 5.91 Å². The topological polar surface area (TPSA) is 105 Å². The number of carbonyl (C=O) groups is 3. The van der Waals surface area contributed by atoms with E-state index in [2.05, 4.69) is 5.32 Å². The van der Waals surface area contributed by atoms with E-state index in [0.29, 0.717) is 17.0 Å². The van der Waals surface area contributed by atoms with Crippen molar-refractivity contribution in [3.63, 3.8) is 0 Å². The maximum absolute atomic E-state index is 13.4. The third kappa shape index (κ3) is 4.91. The second-order valence-electron chi connectivity index (χ2n) is 8.39. The lowest BCUT2D eigenvalue weighted by Crippen LogP contribution is -2.23. The van der Waals surface area contributed by atoms with Crippen LogP contribution in [0.25, 0.3) is 0 Å². The fourth-order valence-corrected chi connectivity index (χ4v) is 3.94. The summed E-state index contributed by atoms with van der Waals surface area (Å²) in [6.07, 6.45) is 4.84. The molecule has 1 atom stereocenters. The first-order valence-electron chi connectivity index (χ1n) is 11.0. The molecule has 172 valence electrons. The van der Waals surface area contributed by atoms with Gasteiger partial charge in [0, 0.05) is 11.5 Å². The number of carbonyl (C=O) groups excluding carboxylic acids is 3. The van der Waals surface area contributed by atoms with E-state index in [9.17, 15) is 19.6 Å². The molecule has 1 fully saturated rings. The minimum absolute atomic E-state index is 0.00550. The third-order valence-corrected chi connectivity index (χ3v) is 5.86. The third-order valence-electron chi connectivity index (χ3n) is 5.86. The van der Waals surface area contributed by atoms with Gasteiger partial charge in [0.05, 0.1) is 23.9 Å². The molecule has 2 aliphatic rings. The lowest BCUT2D eigenvalue weighted by molar-refractivity contribution is -0.118. The Kier molecular flexibility index (Phi) is 6.60. The van der Waals surface area contributed by atoms with Crippen molar-refractivity contribution < 1.29 is 23.9 Å². The molecule has 4 rings (SSSR count). The molecule has 2 aromatic carbocycles. The van der Waals surface area contributed by atoms with Gasteiger partial charge >= 0.3 is 0 Å². The van der Waals surface area contributed by atoms with Crippen molar-refractivity contribution in [3.8, 4) is 17.6 Å². The van der Waals surface area contributed by atoms with Gasteiger partial charge in [0.1, 0.15) is 17.6 Å². The van der Waals surface area contributed by atoms with Gasteiger partial charge in [-0.3, -0.25) is 14.4 Å². The normalized spacial score (nSPS) is 17.2. The zero-order valence-electron chi connectivity index (χ0n) is 19.0. The molecular formula is C27H24N2O5. The number of nitriles is 1. The number of ketones is 2. The number of allylic oxidation sites excluding steroid dienone is 4. The summed E-state index contributed by atoms with van der Waals surface area (Å²) in [5.74, 6) is -0.486. The van der Waals surface area contributed by atoms with Crippen LogP contribution in [-0.2, 0) is 9.59 Å². The Hall–Kier alpha value is -4.18. The molecule has 0 aromatic heterocycles. The number of hydrogen-bond donors (Lipinski definition) is 1. The molecule has 0 saturated heterocycles. The van der Waals surface area contributed by atoms with E-state index >= 15 is 0 Å². The van der Waals surface area contributed by atoms with Crippen LogP contribution in [-0.4, -0.2) is 31.2 Å². The Balaban J connectivity index is 1.54. The van der Waals surface area contributed by atoms with Crippen molar-refractivity contribution in [1.82, 2.24) is 0 Å². The lowest BCUT2D eigenvalue weighted by Gasteiger charge is -2.18. The van der Waals surface area contributed by atoms with Crippen LogP contribution in [0.3, 0.4) is 0 Å². The monoisotopic (exact) mass is 456 g/mol. The summed E-state index contributed by atoms with van der Waals surface area (Å²) in [5, 5.41) is 12.1. The molecular weight excluding hydrogens is 432 g/mol. The standard InChI is InChI=1S/C27H24N2O5/c1-16-7-10-23(34-15-25(30)29-22-5-3-4-6-24(22)33-2)21(11-16)26(31)18-12-19(14-28)27(32)20(13-18)17-8-9-17/h3-7,10-13,17,20H,8-9,15H2,1-2H3,(H,29,30)/t20-/m0/s1. The second-order valence-corrected chi connectivity index (χ2v) is 8.39. The van der Waals surface area contributed by atoms with Crippen LogP contribution in [0, 0.1) is 30.1 Å². The first kappa shape index (κ1) is 23.0. The van der Waals surface area contributed by atoms with Gasteiger partial charge < -0.3 is 14.8 Å². The maximum Gasteiger partial charge on any atom is 0.262 e. The smallest absolute Gasteiger partial charge is 0.262 e. The average molecular weight is 456 g/mol. The van der Waals surface area contributed by atoms with Gasteiger partial charge in [-0.25, -0.2) is 0 Å². The number of methoxy groups -OCH3 is 1. The van der Waals surface area contributed by atoms with Crippen molar-refractivity contribution >= 4 is 23.2 Å². The molecule has 34 heavy (non-hydrogen) atoms. The molecule has 0 spiro atoms. The molecule has 7 nitrogen and oxygen atoms in total. The number of nitrogens with zero attached hydrogens (tertiary/aromatic N) is 1. The van der Waals surface area contributed by atoms with E-state index in [-0.39, 0.29) is 41.0 Å². The van der Waals surface area contributed by atoms with E-state index < -0.39 is 11.8 Å². The summed E-state index contributed by atoms with van der Waals surface area (Å²) in [5.41, 5.74) is 1.91. The van der Waals surface area contributed by atoms with Crippen LogP contribution in [0.4, 0.5) is 5.69 Å². The van der Waals surface area contributed by atoms with Crippen molar-refractivity contribution in [2.75, 3.05) is 19.0 Å². The molecule has 2 aromatic rings. The summed E-state index contributed by atoms with van der Waals surface area (Å²) in [4.78, 5) is 38.4. The SMILES string of the molecule is COc1ccccc1NC(=O)COc1ccc(C)cc1C(=O)C1=C[C@@H](C2CC2)C(=O)C(C#N)=C1. The first-order chi connectivity index (χ1) is 16.4. The van der Waals surface area contributed by atoms with Crippen LogP contribution >= 0.6 is 0 Å². The van der Waals surface area contributed by atoms with Crippen molar-refractivity contribution in [3.05, 3.63) is 76.9 Å². The molecule has 1 N–H and O–H groups in total. The van der Waals surface area contributed by atoms with E-state index in [1.165, 1.54) is 13.2 Å². The van der Waals surface area contributed by atoms with E-state index in [0.717, 1.165) is 18.4 Å². The number of amides is 1. The molecule has 0 aliphatic heterocycles. The molecule has 1 saturated carbocycles. The fraction of sp³-hybridized carbons (Fsp3) is 0.259. The highest BCUT2D eigenvalue weighted by Crippen LogP contribution is 2.41. The van der Waals surface area contributed by atoms with Gasteiger partial charge in [-0.2, -0.15) is 5.26 Å². The summed E-state index contributed by atoms with van der Waals surface area (Å²) >= 11 is 0. The van der Waals surface area contributed by atoms with Crippen LogP contribution in [0.5, 0.6) is 11.5 Å². The number of ether oxygens (including phenoxy) is 2. The number of hydrogen-bond acceptors (Lipinski definition) is 6. The van der Waals surface area contributed by atoms with Gasteiger partial charge in [-0.15, -0.1) is 0 Å². The Morgan fingerprint density at radius 2 is 1.91 bits per heavy atom. The zero-order chi connectivity index (χ0) is 24.2. The van der Waals surface area contributed by atoms with E-state index in [1.807, 2.05) is 13.0 Å². The molecule has 0 radical (unpaired) electrons. The minimum Gasteiger partial charge on any atom is -0.495 e. The highest BCUT2D eigenvalue weighted by atomic mass is 16.5. The predicted octanol–water partition coefficient (Wildman–Crippen LogP) is 4.19. The van der Waals surface area contributed by atoms with E-state index in [1.54, 1.807) is 48.5 Å². The Labute approximate surface area is 197 Å². The summed E-state index contributed by atoms with van der Waals surface area (Å²) in [7, 11) is 1.51. The Morgan fingerprint density at radius 1 is 1.15 bits per heavy atom. The van der Waals surface area contributed by atoms with Crippen LogP contribution in [0.15, 0.2) is 65.8 Å². The van der Waals surface area contributed by atoms with Gasteiger partial charge in [-0.1, -0.05) is 29.8 Å². The number of Topliss-reactive ketones (excluding diaryl/α,β-unsaturated/α-hetero) is 2. The number of nitrogens with one attached hydrogen (secondary N) is 1. The second kappa shape index (κ2) is 9.75. The summed E-state index contributed by atoms with van der Waals surface area (Å²) in [6, 6.07) is 14.0. The molecule has 0 heterocycles. The largest absolute Gasteiger partial charge is 0.495 e. The van der Waals surface area contributed by atoms with Gasteiger partial charge in [0.2, 0.25) is 0 Å². The molecule has 0 unspecified atom stereocenters. The van der Waals surface area contributed by atoms with Crippen LogP contribution in [0.2, 0.25) is 0 Å². The summed E-state index contributed by atoms with van der Waals surface area (Å²) < 4.78 is 11.0. The average Bonchev–Trinajstić information content (AvgIpc) is 3.68. The highest BCUT2D eigenvalue weighted by Gasteiger charge is 2.39. The van der Waals surface area contributed by atoms with Gasteiger partial charge in [-0.05, 0) is 56.0 Å². The number of aryl methyl sites for hydroxylation is 1. The molecule has 0 bridgehead atoms. The Bertz CT molecular complexity index is 1260. The number of rotatable bonds is 8.